The lowest BCUT2D eigenvalue weighted by Crippen LogP contribution is -2.34. The molecule has 2 amide bonds. The van der Waals surface area contributed by atoms with E-state index in [2.05, 4.69) is 15.2 Å². The normalized spacial score (nSPS) is 14.6. The van der Waals surface area contributed by atoms with Gasteiger partial charge in [0.25, 0.3) is 11.5 Å². The molecule has 0 bridgehead atoms. The molecule has 1 aliphatic heterocycles. The predicted octanol–water partition coefficient (Wildman–Crippen LogP) is 5.60. The summed E-state index contributed by atoms with van der Waals surface area (Å²) >= 11 is 1.29. The first-order valence-electron chi connectivity index (χ1n) is 15.9. The lowest BCUT2D eigenvalue weighted by molar-refractivity contribution is -0.105. The van der Waals surface area contributed by atoms with Crippen LogP contribution in [-0.2, 0) is 11.3 Å². The lowest BCUT2D eigenvalue weighted by atomic mass is 10.1. The van der Waals surface area contributed by atoms with Crippen molar-refractivity contribution < 1.29 is 23.8 Å². The average molecular weight is 689 g/mol. The number of carbonyl (C=O) groups is 2. The van der Waals surface area contributed by atoms with Crippen molar-refractivity contribution in [2.45, 2.75) is 52.3 Å². The van der Waals surface area contributed by atoms with Gasteiger partial charge in [-0.25, -0.2) is 9.07 Å². The van der Waals surface area contributed by atoms with Crippen LogP contribution in [0.2, 0.25) is 0 Å². The molecule has 11 nitrogen and oxygen atoms in total. The number of nitrogens with one attached hydrogen (secondary N) is 1. The molecule has 2 aromatic carbocycles. The van der Waals surface area contributed by atoms with Crippen LogP contribution in [0.4, 0.5) is 10.1 Å². The number of hydrogen-bond acceptors (Lipinski definition) is 8. The van der Waals surface area contributed by atoms with E-state index < -0.39 is 11.4 Å². The van der Waals surface area contributed by atoms with Crippen molar-refractivity contribution in [3.63, 3.8) is 0 Å². The van der Waals surface area contributed by atoms with E-state index in [0.717, 1.165) is 24.3 Å². The third kappa shape index (κ3) is 8.07. The Hall–Kier alpha value is -4.85. The van der Waals surface area contributed by atoms with Gasteiger partial charge in [0, 0.05) is 54.4 Å². The lowest BCUT2D eigenvalue weighted by Gasteiger charge is -2.22. The van der Waals surface area contributed by atoms with E-state index in [9.17, 15) is 23.9 Å². The van der Waals surface area contributed by atoms with Gasteiger partial charge in [-0.2, -0.15) is 0 Å². The topological polar surface area (TPSA) is 122 Å². The molecule has 0 aliphatic carbocycles. The standard InChI is InChI=1S/C21H21FN4O3S.C15H20N2O2/c1-25(2)14-6-8-26(11-14)21(28)19-10-16-20(30-19)18(5-7-23-16)29-17-4-3-13(24-12-27)9-15(17)22;1-11-12(2)16(10-15(3,4)19)17(14(11)18)13-8-6-5-7-9-13/h3-5,7,9-10,12,14H,6,8,11H2,1-2H3,(H,24,27);5-9,19H,10H2,1-4H3. The molecule has 4 heterocycles. The van der Waals surface area contributed by atoms with E-state index >= 15 is 0 Å². The summed E-state index contributed by atoms with van der Waals surface area (Å²) in [5, 5.41) is 12.4. The van der Waals surface area contributed by atoms with Gasteiger partial charge >= 0.3 is 0 Å². The second kappa shape index (κ2) is 14.7. The van der Waals surface area contributed by atoms with Crippen LogP contribution in [0.25, 0.3) is 15.9 Å². The van der Waals surface area contributed by atoms with Crippen LogP contribution in [0.5, 0.6) is 11.5 Å². The van der Waals surface area contributed by atoms with Crippen molar-refractivity contribution in [1.29, 1.82) is 0 Å². The Kier molecular flexibility index (Phi) is 10.7. The highest BCUT2D eigenvalue weighted by Crippen LogP contribution is 2.37. The molecule has 0 saturated carbocycles. The summed E-state index contributed by atoms with van der Waals surface area (Å²) in [6, 6.07) is 17.4. The molecule has 1 unspecified atom stereocenters. The maximum Gasteiger partial charge on any atom is 0.274 e. The fourth-order valence-electron chi connectivity index (χ4n) is 5.61. The third-order valence-electron chi connectivity index (χ3n) is 8.37. The average Bonchev–Trinajstić information content (AvgIpc) is 3.78. The van der Waals surface area contributed by atoms with Crippen LogP contribution >= 0.6 is 11.3 Å². The molecule has 0 spiro atoms. The number of aromatic nitrogens is 3. The van der Waals surface area contributed by atoms with Crippen molar-refractivity contribution in [2.24, 2.45) is 0 Å². The quantitative estimate of drug-likeness (QED) is 0.194. The van der Waals surface area contributed by atoms with E-state index in [1.165, 1.54) is 23.5 Å². The molecule has 1 aliphatic rings. The van der Waals surface area contributed by atoms with Gasteiger partial charge in [0.15, 0.2) is 11.6 Å². The highest BCUT2D eigenvalue weighted by molar-refractivity contribution is 7.21. The second-order valence-corrected chi connectivity index (χ2v) is 13.9. The van der Waals surface area contributed by atoms with Gasteiger partial charge in [-0.15, -0.1) is 11.3 Å². The van der Waals surface area contributed by atoms with Crippen LogP contribution in [0.3, 0.4) is 0 Å². The zero-order valence-electron chi connectivity index (χ0n) is 28.4. The molecule has 1 atom stereocenters. The molecule has 3 aromatic heterocycles. The van der Waals surface area contributed by atoms with Crippen LogP contribution in [-0.4, -0.2) is 80.4 Å². The maximum absolute atomic E-state index is 14.3. The minimum Gasteiger partial charge on any atom is -0.453 e. The highest BCUT2D eigenvalue weighted by Gasteiger charge is 2.29. The first-order valence-corrected chi connectivity index (χ1v) is 16.7. The molecule has 258 valence electrons. The number of fused-ring (bicyclic) bond motifs is 1. The number of benzene rings is 2. The molecule has 49 heavy (non-hydrogen) atoms. The number of nitrogens with zero attached hydrogens (tertiary/aromatic N) is 5. The first kappa shape index (κ1) is 35.5. The molecule has 13 heteroatoms. The predicted molar refractivity (Wildman–Crippen MR) is 190 cm³/mol. The zero-order chi connectivity index (χ0) is 35.5. The molecular formula is C36H41FN6O5S. The molecule has 6 rings (SSSR count). The molecular weight excluding hydrogens is 647 g/mol. The van der Waals surface area contributed by atoms with E-state index in [0.29, 0.717) is 57.6 Å². The van der Waals surface area contributed by atoms with Gasteiger partial charge in [-0.3, -0.25) is 24.0 Å². The number of likely N-dealkylation sites (N-methyl/N-ethyl adjacent to an activating group) is 1. The SMILES string of the molecule is CN(C)C1CCN(C(=O)c2cc3nccc(Oc4ccc(NC=O)cc4F)c3s2)C1.Cc1c(C)n(CC(C)(C)O)n(-c2ccccc2)c1=O. The summed E-state index contributed by atoms with van der Waals surface area (Å²) < 4.78 is 24.3. The number of anilines is 1. The summed E-state index contributed by atoms with van der Waals surface area (Å²) in [4.78, 5) is 44.7. The maximum atomic E-state index is 14.3. The molecule has 1 fully saturated rings. The number of aliphatic hydroxyl groups is 1. The van der Waals surface area contributed by atoms with Crippen LogP contribution in [0.1, 0.15) is 41.2 Å². The van der Waals surface area contributed by atoms with E-state index in [-0.39, 0.29) is 17.2 Å². The van der Waals surface area contributed by atoms with Crippen LogP contribution < -0.4 is 15.6 Å². The number of para-hydroxylation sites is 1. The molecule has 2 N–H and O–H groups in total. The Morgan fingerprint density at radius 3 is 2.51 bits per heavy atom. The number of thiophene rings is 1. The van der Waals surface area contributed by atoms with Gasteiger partial charge < -0.3 is 25.0 Å². The van der Waals surface area contributed by atoms with Crippen molar-refractivity contribution >= 4 is 39.6 Å². The summed E-state index contributed by atoms with van der Waals surface area (Å²) in [6.45, 7) is 8.99. The van der Waals surface area contributed by atoms with Gasteiger partial charge in [0.05, 0.1) is 32.9 Å². The Labute approximate surface area is 288 Å². The van der Waals surface area contributed by atoms with Crippen molar-refractivity contribution in [1.82, 2.24) is 24.1 Å². The fourth-order valence-corrected chi connectivity index (χ4v) is 6.65. The van der Waals surface area contributed by atoms with Gasteiger partial charge in [-0.1, -0.05) is 18.2 Å². The molecule has 0 radical (unpaired) electrons. The molecule has 1 saturated heterocycles. The van der Waals surface area contributed by atoms with Crippen molar-refractivity contribution in [3.05, 3.63) is 99.2 Å². The number of likely N-dealkylation sites (tertiary alicyclic amines) is 1. The fraction of sp³-hybridized carbons (Fsp3) is 0.333. The number of hydrogen-bond donors (Lipinski definition) is 2. The Morgan fingerprint density at radius 2 is 1.88 bits per heavy atom. The van der Waals surface area contributed by atoms with Gasteiger partial charge in [0.2, 0.25) is 6.41 Å². The summed E-state index contributed by atoms with van der Waals surface area (Å²) in [5.74, 6) is -0.185. The minimum atomic E-state index is -0.876. The van der Waals surface area contributed by atoms with E-state index in [4.69, 9.17) is 4.74 Å². The van der Waals surface area contributed by atoms with Crippen LogP contribution in [0.15, 0.2) is 71.7 Å². The molecule has 5 aromatic rings. The van der Waals surface area contributed by atoms with Gasteiger partial charge in [0.1, 0.15) is 5.75 Å². The first-order chi connectivity index (χ1) is 23.3. The number of ether oxygens (including phenoxy) is 1. The summed E-state index contributed by atoms with van der Waals surface area (Å²) in [7, 11) is 4.04. The number of rotatable bonds is 9. The second-order valence-electron chi connectivity index (χ2n) is 12.8. The largest absolute Gasteiger partial charge is 0.453 e. The van der Waals surface area contributed by atoms with E-state index in [1.54, 1.807) is 42.9 Å². The third-order valence-corrected chi connectivity index (χ3v) is 9.49. The Bertz CT molecular complexity index is 2010. The number of halogens is 1. The Balaban J connectivity index is 0.000000212. The highest BCUT2D eigenvalue weighted by atomic mass is 32.1. The number of pyridine rings is 1. The number of amides is 2. The monoisotopic (exact) mass is 688 g/mol. The zero-order valence-corrected chi connectivity index (χ0v) is 29.3. The minimum absolute atomic E-state index is 0.0218. The van der Waals surface area contributed by atoms with Crippen molar-refractivity contribution in [2.75, 3.05) is 32.5 Å². The smallest absolute Gasteiger partial charge is 0.274 e. The van der Waals surface area contributed by atoms with E-state index in [1.807, 2.05) is 67.9 Å². The Morgan fingerprint density at radius 1 is 1.14 bits per heavy atom. The van der Waals surface area contributed by atoms with Gasteiger partial charge in [-0.05, 0) is 78.5 Å². The summed E-state index contributed by atoms with van der Waals surface area (Å²) in [5.41, 5.74) is 2.47. The summed E-state index contributed by atoms with van der Waals surface area (Å²) in [6.07, 6.45) is 2.99. The van der Waals surface area contributed by atoms with Crippen LogP contribution in [0, 0.1) is 19.7 Å². The number of carbonyl (C=O) groups excluding carboxylic acids is 2. The van der Waals surface area contributed by atoms with Crippen molar-refractivity contribution in [3.8, 4) is 17.2 Å².